The van der Waals surface area contributed by atoms with Gasteiger partial charge in [-0.3, -0.25) is 4.90 Å². The molecule has 1 saturated heterocycles. The van der Waals surface area contributed by atoms with E-state index in [2.05, 4.69) is 32.6 Å². The zero-order valence-electron chi connectivity index (χ0n) is 7.65. The first-order chi connectivity index (χ1) is 4.56. The van der Waals surface area contributed by atoms with E-state index in [4.69, 9.17) is 0 Å². The molecule has 1 nitrogen and oxygen atoms in total. The molecule has 1 heteroatoms. The van der Waals surface area contributed by atoms with Crippen molar-refractivity contribution in [3.8, 4) is 0 Å². The molecule has 0 bridgehead atoms. The lowest BCUT2D eigenvalue weighted by Crippen LogP contribution is -2.37. The minimum Gasteiger partial charge on any atom is -0.298 e. The smallest absolute Gasteiger partial charge is 0.0156 e. The standard InChI is InChI=1S/C9H19N/c1-5-10-7-8(2)6-9(10,3)4/h8H,5-7H2,1-4H3. The summed E-state index contributed by atoms with van der Waals surface area (Å²) in [6.45, 7) is 11.8. The maximum Gasteiger partial charge on any atom is 0.0156 e. The van der Waals surface area contributed by atoms with Crippen LogP contribution >= 0.6 is 0 Å². The van der Waals surface area contributed by atoms with Gasteiger partial charge < -0.3 is 0 Å². The van der Waals surface area contributed by atoms with Gasteiger partial charge in [0.05, 0.1) is 0 Å². The molecule has 1 aliphatic rings. The van der Waals surface area contributed by atoms with Crippen LogP contribution in [0.2, 0.25) is 0 Å². The van der Waals surface area contributed by atoms with Crippen LogP contribution in [0.25, 0.3) is 0 Å². The summed E-state index contributed by atoms with van der Waals surface area (Å²) in [5.41, 5.74) is 0.466. The molecule has 0 radical (unpaired) electrons. The summed E-state index contributed by atoms with van der Waals surface area (Å²) in [4.78, 5) is 2.57. The third-order valence-corrected chi connectivity index (χ3v) is 2.62. The summed E-state index contributed by atoms with van der Waals surface area (Å²) < 4.78 is 0. The lowest BCUT2D eigenvalue weighted by molar-refractivity contribution is 0.184. The predicted molar refractivity (Wildman–Crippen MR) is 45.1 cm³/mol. The normalized spacial score (nSPS) is 33.0. The molecule has 0 spiro atoms. The lowest BCUT2D eigenvalue weighted by atomic mass is 9.98. The molecule has 0 aliphatic carbocycles. The Morgan fingerprint density at radius 2 is 2.10 bits per heavy atom. The van der Waals surface area contributed by atoms with Gasteiger partial charge in [-0.1, -0.05) is 13.8 Å². The van der Waals surface area contributed by atoms with Crippen molar-refractivity contribution in [1.29, 1.82) is 0 Å². The van der Waals surface area contributed by atoms with Crippen molar-refractivity contribution in [2.75, 3.05) is 13.1 Å². The second-order valence-electron chi connectivity index (χ2n) is 4.16. The van der Waals surface area contributed by atoms with Gasteiger partial charge in [0.15, 0.2) is 0 Å². The van der Waals surface area contributed by atoms with Gasteiger partial charge in [0.25, 0.3) is 0 Å². The first kappa shape index (κ1) is 8.06. The van der Waals surface area contributed by atoms with Gasteiger partial charge in [-0.2, -0.15) is 0 Å². The van der Waals surface area contributed by atoms with Gasteiger partial charge in [-0.05, 0) is 32.7 Å². The van der Waals surface area contributed by atoms with E-state index in [1.807, 2.05) is 0 Å². The van der Waals surface area contributed by atoms with Gasteiger partial charge in [-0.25, -0.2) is 0 Å². The van der Waals surface area contributed by atoms with E-state index < -0.39 is 0 Å². The minimum absolute atomic E-state index is 0.466. The van der Waals surface area contributed by atoms with Gasteiger partial charge in [0, 0.05) is 12.1 Å². The van der Waals surface area contributed by atoms with Gasteiger partial charge in [-0.15, -0.1) is 0 Å². The SMILES string of the molecule is CCN1CC(C)CC1(C)C. The quantitative estimate of drug-likeness (QED) is 0.540. The predicted octanol–water partition coefficient (Wildman–Crippen LogP) is 2.13. The number of likely N-dealkylation sites (tertiary alicyclic amines) is 1. The highest BCUT2D eigenvalue weighted by Crippen LogP contribution is 2.31. The molecule has 1 aliphatic heterocycles. The Hall–Kier alpha value is -0.0400. The molecule has 0 aromatic heterocycles. The highest BCUT2D eigenvalue weighted by atomic mass is 15.2. The summed E-state index contributed by atoms with van der Waals surface area (Å²) in [6, 6.07) is 0. The number of hydrogen-bond acceptors (Lipinski definition) is 1. The van der Waals surface area contributed by atoms with Crippen LogP contribution < -0.4 is 0 Å². The summed E-state index contributed by atoms with van der Waals surface area (Å²) >= 11 is 0. The molecule has 1 unspecified atom stereocenters. The maximum atomic E-state index is 2.57. The molecule has 60 valence electrons. The molecule has 0 aromatic carbocycles. The largest absolute Gasteiger partial charge is 0.298 e. The average Bonchev–Trinajstić information content (AvgIpc) is 2.04. The van der Waals surface area contributed by atoms with E-state index in [1.54, 1.807) is 0 Å². The van der Waals surface area contributed by atoms with Gasteiger partial charge in [0.1, 0.15) is 0 Å². The van der Waals surface area contributed by atoms with E-state index in [1.165, 1.54) is 19.5 Å². The summed E-state index contributed by atoms with van der Waals surface area (Å²) in [5.74, 6) is 0.898. The summed E-state index contributed by atoms with van der Waals surface area (Å²) in [7, 11) is 0. The second-order valence-corrected chi connectivity index (χ2v) is 4.16. The van der Waals surface area contributed by atoms with Crippen molar-refractivity contribution in [2.45, 2.75) is 39.7 Å². The van der Waals surface area contributed by atoms with Crippen molar-refractivity contribution in [1.82, 2.24) is 4.90 Å². The van der Waals surface area contributed by atoms with Crippen LogP contribution in [0.3, 0.4) is 0 Å². The van der Waals surface area contributed by atoms with Gasteiger partial charge >= 0.3 is 0 Å². The van der Waals surface area contributed by atoms with Crippen molar-refractivity contribution >= 4 is 0 Å². The van der Waals surface area contributed by atoms with Gasteiger partial charge in [0.2, 0.25) is 0 Å². The maximum absolute atomic E-state index is 2.57. The van der Waals surface area contributed by atoms with E-state index in [-0.39, 0.29) is 0 Å². The van der Waals surface area contributed by atoms with Crippen LogP contribution in [0.5, 0.6) is 0 Å². The van der Waals surface area contributed by atoms with E-state index in [9.17, 15) is 0 Å². The van der Waals surface area contributed by atoms with Crippen molar-refractivity contribution < 1.29 is 0 Å². The molecule has 1 fully saturated rings. The molecule has 1 rings (SSSR count). The Morgan fingerprint density at radius 1 is 1.50 bits per heavy atom. The van der Waals surface area contributed by atoms with Crippen molar-refractivity contribution in [3.63, 3.8) is 0 Å². The first-order valence-electron chi connectivity index (χ1n) is 4.31. The van der Waals surface area contributed by atoms with Crippen LogP contribution in [0, 0.1) is 5.92 Å². The van der Waals surface area contributed by atoms with E-state index >= 15 is 0 Å². The molecule has 0 aromatic rings. The van der Waals surface area contributed by atoms with Crippen LogP contribution in [0.1, 0.15) is 34.1 Å². The average molecular weight is 141 g/mol. The number of rotatable bonds is 1. The Bertz CT molecular complexity index is 118. The highest BCUT2D eigenvalue weighted by Gasteiger charge is 2.34. The van der Waals surface area contributed by atoms with E-state index in [0.717, 1.165) is 5.92 Å². The Labute approximate surface area is 64.4 Å². The topological polar surface area (TPSA) is 3.24 Å². The summed E-state index contributed by atoms with van der Waals surface area (Å²) in [5, 5.41) is 0. The van der Waals surface area contributed by atoms with Crippen LogP contribution in [-0.2, 0) is 0 Å². The van der Waals surface area contributed by atoms with Crippen LogP contribution in [-0.4, -0.2) is 23.5 Å². The monoisotopic (exact) mass is 141 g/mol. The minimum atomic E-state index is 0.466. The highest BCUT2D eigenvalue weighted by molar-refractivity contribution is 4.90. The molecule has 1 heterocycles. The second kappa shape index (κ2) is 2.54. The molecule has 0 amide bonds. The fraction of sp³-hybridized carbons (Fsp3) is 1.00. The lowest BCUT2D eigenvalue weighted by Gasteiger charge is -2.29. The number of nitrogens with zero attached hydrogens (tertiary/aromatic N) is 1. The first-order valence-corrected chi connectivity index (χ1v) is 4.31. The molecular formula is C9H19N. The fourth-order valence-electron chi connectivity index (χ4n) is 2.23. The zero-order valence-corrected chi connectivity index (χ0v) is 7.65. The molecular weight excluding hydrogens is 122 g/mol. The fourth-order valence-corrected chi connectivity index (χ4v) is 2.23. The van der Waals surface area contributed by atoms with Crippen molar-refractivity contribution in [2.24, 2.45) is 5.92 Å². The summed E-state index contributed by atoms with van der Waals surface area (Å²) in [6.07, 6.45) is 1.36. The van der Waals surface area contributed by atoms with Crippen LogP contribution in [0.15, 0.2) is 0 Å². The Balaban J connectivity index is 2.58. The molecule has 1 atom stereocenters. The third kappa shape index (κ3) is 1.34. The Kier molecular flexibility index (Phi) is 2.04. The van der Waals surface area contributed by atoms with Crippen molar-refractivity contribution in [3.05, 3.63) is 0 Å². The third-order valence-electron chi connectivity index (χ3n) is 2.62. The molecule has 0 saturated carbocycles. The van der Waals surface area contributed by atoms with E-state index in [0.29, 0.717) is 5.54 Å². The molecule has 10 heavy (non-hydrogen) atoms. The Morgan fingerprint density at radius 3 is 2.30 bits per heavy atom. The molecule has 0 N–H and O–H groups in total. The van der Waals surface area contributed by atoms with Crippen LogP contribution in [0.4, 0.5) is 0 Å². The number of hydrogen-bond donors (Lipinski definition) is 0. The zero-order chi connectivity index (χ0) is 7.78.